The number of carboxylic acids is 1. The number of aromatic nitrogens is 1. The zero-order chi connectivity index (χ0) is 15.6. The summed E-state index contributed by atoms with van der Waals surface area (Å²) < 4.78 is 5.51. The molecule has 0 unspecified atom stereocenters. The number of halogens is 2. The van der Waals surface area contributed by atoms with Crippen LogP contribution >= 0.6 is 27.5 Å². The highest BCUT2D eigenvalue weighted by atomic mass is 79.9. The van der Waals surface area contributed by atoms with Gasteiger partial charge in [0.05, 0.1) is 10.5 Å². The fraction of sp³-hybridized carbons (Fsp3) is 0. The highest BCUT2D eigenvalue weighted by Crippen LogP contribution is 2.37. The smallest absolute Gasteiger partial charge is 0.337 e. The Kier molecular flexibility index (Phi) is 4.39. The van der Waals surface area contributed by atoms with Crippen LogP contribution in [0.2, 0.25) is 5.02 Å². The summed E-state index contributed by atoms with van der Waals surface area (Å²) in [7, 11) is 0. The molecule has 0 bridgehead atoms. The zero-order valence-corrected chi connectivity index (χ0v) is 12.5. The van der Waals surface area contributed by atoms with Crippen molar-refractivity contribution in [2.24, 2.45) is 0 Å². The molecule has 108 valence electrons. The molecular formula is C12H6BrClN2O5. The molecule has 0 atom stereocenters. The van der Waals surface area contributed by atoms with Crippen molar-refractivity contribution in [2.75, 3.05) is 0 Å². The lowest BCUT2D eigenvalue weighted by molar-refractivity contribution is -0.385. The Morgan fingerprint density at radius 2 is 2.19 bits per heavy atom. The van der Waals surface area contributed by atoms with Gasteiger partial charge in [-0.05, 0) is 28.1 Å². The molecule has 1 aromatic heterocycles. The predicted octanol–water partition coefficient (Wildman–Crippen LogP) is 3.90. The molecular weight excluding hydrogens is 367 g/mol. The van der Waals surface area contributed by atoms with Gasteiger partial charge >= 0.3 is 5.97 Å². The number of rotatable bonds is 4. The summed E-state index contributed by atoms with van der Waals surface area (Å²) in [6.45, 7) is 0. The molecule has 0 saturated heterocycles. The van der Waals surface area contributed by atoms with Gasteiger partial charge in [-0.1, -0.05) is 17.7 Å². The van der Waals surface area contributed by atoms with Gasteiger partial charge in [-0.2, -0.15) is 0 Å². The number of aromatic carboxylic acids is 1. The first kappa shape index (κ1) is 15.2. The summed E-state index contributed by atoms with van der Waals surface area (Å²) in [5.74, 6) is -1.09. The van der Waals surface area contributed by atoms with E-state index in [1.54, 1.807) is 0 Å². The van der Waals surface area contributed by atoms with Gasteiger partial charge in [0.2, 0.25) is 5.88 Å². The molecule has 0 radical (unpaired) electrons. The quantitative estimate of drug-likeness (QED) is 0.644. The minimum atomic E-state index is -1.17. The van der Waals surface area contributed by atoms with Crippen LogP contribution in [0.1, 0.15) is 10.4 Å². The molecule has 0 saturated carbocycles. The highest BCUT2D eigenvalue weighted by molar-refractivity contribution is 9.10. The van der Waals surface area contributed by atoms with Gasteiger partial charge in [-0.25, -0.2) is 9.78 Å². The first-order valence-electron chi connectivity index (χ1n) is 5.39. The van der Waals surface area contributed by atoms with Crippen LogP contribution in [0, 0.1) is 10.1 Å². The van der Waals surface area contributed by atoms with Crippen LogP contribution in [0.4, 0.5) is 5.69 Å². The van der Waals surface area contributed by atoms with E-state index < -0.39 is 10.9 Å². The maximum atomic E-state index is 10.8. The molecule has 0 spiro atoms. The van der Waals surface area contributed by atoms with E-state index in [4.69, 9.17) is 21.4 Å². The largest absolute Gasteiger partial charge is 0.478 e. The Morgan fingerprint density at radius 1 is 1.48 bits per heavy atom. The summed E-state index contributed by atoms with van der Waals surface area (Å²) in [5, 5.41) is 19.6. The van der Waals surface area contributed by atoms with E-state index in [1.807, 2.05) is 0 Å². The summed E-state index contributed by atoms with van der Waals surface area (Å²) >= 11 is 8.95. The van der Waals surface area contributed by atoms with Crippen LogP contribution in [-0.2, 0) is 0 Å². The van der Waals surface area contributed by atoms with Crippen molar-refractivity contribution in [1.29, 1.82) is 0 Å². The monoisotopic (exact) mass is 372 g/mol. The summed E-state index contributed by atoms with van der Waals surface area (Å²) in [5.41, 5.74) is -0.267. The Balaban J connectivity index is 2.37. The first-order valence-corrected chi connectivity index (χ1v) is 6.57. The number of pyridine rings is 1. The van der Waals surface area contributed by atoms with E-state index in [0.29, 0.717) is 0 Å². The molecule has 0 aliphatic carbocycles. The molecule has 2 aromatic rings. The molecule has 1 N–H and O–H groups in total. The summed E-state index contributed by atoms with van der Waals surface area (Å²) in [6.07, 6.45) is 1.08. The van der Waals surface area contributed by atoms with E-state index in [0.717, 1.165) is 6.20 Å². The molecule has 0 aliphatic heterocycles. The Hall–Kier alpha value is -2.19. The number of ether oxygens (including phenoxy) is 1. The van der Waals surface area contributed by atoms with Gasteiger partial charge in [0.1, 0.15) is 9.50 Å². The Labute approximate surface area is 131 Å². The van der Waals surface area contributed by atoms with Crippen LogP contribution < -0.4 is 4.74 Å². The van der Waals surface area contributed by atoms with Gasteiger partial charge in [-0.15, -0.1) is 0 Å². The number of carboxylic acid groups (broad SMARTS) is 1. The maximum absolute atomic E-state index is 10.8. The first-order chi connectivity index (χ1) is 9.90. The van der Waals surface area contributed by atoms with Crippen LogP contribution in [0.3, 0.4) is 0 Å². The third-order valence-corrected chi connectivity index (χ3v) is 3.47. The molecule has 2 rings (SSSR count). The normalized spacial score (nSPS) is 10.2. The molecule has 0 amide bonds. The molecule has 21 heavy (non-hydrogen) atoms. The van der Waals surface area contributed by atoms with Crippen LogP contribution in [0.5, 0.6) is 11.6 Å². The molecule has 7 nitrogen and oxygen atoms in total. The van der Waals surface area contributed by atoms with Gasteiger partial charge in [-0.3, -0.25) is 10.1 Å². The standard InChI is InChI=1S/C12H6BrClN2O5/c13-10-8(16(19)20)2-1-3-9(10)21-11-7(14)4-6(5-15-11)12(17)18/h1-5H,(H,17,18). The maximum Gasteiger partial charge on any atom is 0.337 e. The fourth-order valence-electron chi connectivity index (χ4n) is 1.44. The van der Waals surface area contributed by atoms with Crippen molar-refractivity contribution in [3.63, 3.8) is 0 Å². The molecule has 0 aliphatic rings. The molecule has 1 heterocycles. The second-order valence-corrected chi connectivity index (χ2v) is 4.96. The van der Waals surface area contributed by atoms with E-state index in [9.17, 15) is 14.9 Å². The van der Waals surface area contributed by atoms with Crippen molar-refractivity contribution in [3.8, 4) is 11.6 Å². The number of nitro benzene ring substituents is 1. The lowest BCUT2D eigenvalue weighted by Crippen LogP contribution is -1.99. The second-order valence-electron chi connectivity index (χ2n) is 3.76. The lowest BCUT2D eigenvalue weighted by atomic mass is 10.3. The zero-order valence-electron chi connectivity index (χ0n) is 10.1. The number of carbonyl (C=O) groups is 1. The molecule has 0 fully saturated rings. The van der Waals surface area contributed by atoms with E-state index in [1.165, 1.54) is 24.3 Å². The van der Waals surface area contributed by atoms with Gasteiger partial charge in [0.25, 0.3) is 5.69 Å². The van der Waals surface area contributed by atoms with Crippen molar-refractivity contribution in [3.05, 3.63) is 55.6 Å². The van der Waals surface area contributed by atoms with Crippen molar-refractivity contribution < 1.29 is 19.6 Å². The third-order valence-electron chi connectivity index (χ3n) is 2.40. The van der Waals surface area contributed by atoms with Crippen LogP contribution in [0.25, 0.3) is 0 Å². The Bertz CT molecular complexity index is 738. The lowest BCUT2D eigenvalue weighted by Gasteiger charge is -2.08. The van der Waals surface area contributed by atoms with Crippen molar-refractivity contribution in [1.82, 2.24) is 4.98 Å². The molecule has 9 heteroatoms. The Morgan fingerprint density at radius 3 is 2.76 bits per heavy atom. The average Bonchev–Trinajstić information content (AvgIpc) is 2.42. The number of benzene rings is 1. The number of hydrogen-bond donors (Lipinski definition) is 1. The van der Waals surface area contributed by atoms with E-state index in [-0.39, 0.29) is 32.4 Å². The van der Waals surface area contributed by atoms with E-state index in [2.05, 4.69) is 20.9 Å². The van der Waals surface area contributed by atoms with Crippen LogP contribution in [-0.4, -0.2) is 21.0 Å². The number of hydrogen-bond acceptors (Lipinski definition) is 5. The van der Waals surface area contributed by atoms with Gasteiger partial charge in [0, 0.05) is 12.3 Å². The van der Waals surface area contributed by atoms with Crippen LogP contribution in [0.15, 0.2) is 34.9 Å². The minimum Gasteiger partial charge on any atom is -0.478 e. The summed E-state index contributed by atoms with van der Waals surface area (Å²) in [4.78, 5) is 24.8. The molecule has 1 aromatic carbocycles. The fourth-order valence-corrected chi connectivity index (χ4v) is 2.14. The van der Waals surface area contributed by atoms with E-state index >= 15 is 0 Å². The SMILES string of the molecule is O=C(O)c1cnc(Oc2cccc([N+](=O)[O-])c2Br)c(Cl)c1. The average molecular weight is 374 g/mol. The third kappa shape index (κ3) is 3.29. The van der Waals surface area contributed by atoms with Gasteiger partial charge in [0.15, 0.2) is 5.75 Å². The highest BCUT2D eigenvalue weighted by Gasteiger charge is 2.18. The van der Waals surface area contributed by atoms with Gasteiger partial charge < -0.3 is 9.84 Å². The topological polar surface area (TPSA) is 103 Å². The number of nitro groups is 1. The minimum absolute atomic E-state index is 0.0201. The second kappa shape index (κ2) is 6.06. The van der Waals surface area contributed by atoms with Crippen molar-refractivity contribution >= 4 is 39.2 Å². The summed E-state index contributed by atoms with van der Waals surface area (Å²) in [6, 6.07) is 5.41. The number of nitrogens with zero attached hydrogens (tertiary/aromatic N) is 2. The van der Waals surface area contributed by atoms with Crippen molar-refractivity contribution in [2.45, 2.75) is 0 Å². The predicted molar refractivity (Wildman–Crippen MR) is 77.1 cm³/mol.